The third-order valence-corrected chi connectivity index (χ3v) is 1.96. The van der Waals surface area contributed by atoms with Gasteiger partial charge in [0.1, 0.15) is 5.60 Å². The summed E-state index contributed by atoms with van der Waals surface area (Å²) in [6, 6.07) is 0. The van der Waals surface area contributed by atoms with Gasteiger partial charge in [0.05, 0.1) is 6.10 Å². The van der Waals surface area contributed by atoms with Crippen LogP contribution in [0.2, 0.25) is 0 Å². The maximum absolute atomic E-state index is 9.68. The van der Waals surface area contributed by atoms with Crippen LogP contribution in [0.5, 0.6) is 0 Å². The molecule has 0 saturated carbocycles. The first-order valence-corrected chi connectivity index (χ1v) is 3.87. The second-order valence-electron chi connectivity index (χ2n) is 2.74. The summed E-state index contributed by atoms with van der Waals surface area (Å²) >= 11 is 0. The van der Waals surface area contributed by atoms with E-state index >= 15 is 0 Å². The van der Waals surface area contributed by atoms with E-state index in [9.17, 15) is 10.2 Å². The van der Waals surface area contributed by atoms with Gasteiger partial charge in [-0.3, -0.25) is 0 Å². The molecule has 0 bridgehead atoms. The number of hydrogen-bond donors (Lipinski definition) is 2. The van der Waals surface area contributed by atoms with Gasteiger partial charge in [-0.25, -0.2) is 0 Å². The SMILES string of the molecule is CC#CCC(O)(CC)C(C)O. The molecule has 0 aliphatic carbocycles. The molecular weight excluding hydrogens is 140 g/mol. The van der Waals surface area contributed by atoms with Gasteiger partial charge in [0, 0.05) is 6.42 Å². The summed E-state index contributed by atoms with van der Waals surface area (Å²) in [6.07, 6.45) is 0.158. The fraction of sp³-hybridized carbons (Fsp3) is 0.778. The lowest BCUT2D eigenvalue weighted by Crippen LogP contribution is -2.39. The zero-order chi connectivity index (χ0) is 8.91. The van der Waals surface area contributed by atoms with Crippen LogP contribution in [0.1, 0.15) is 33.6 Å². The van der Waals surface area contributed by atoms with E-state index in [0.717, 1.165) is 0 Å². The van der Waals surface area contributed by atoms with Crippen molar-refractivity contribution in [2.45, 2.75) is 45.3 Å². The number of aliphatic hydroxyl groups excluding tert-OH is 1. The molecule has 0 amide bonds. The number of hydrogen-bond acceptors (Lipinski definition) is 2. The molecule has 0 spiro atoms. The van der Waals surface area contributed by atoms with Crippen LogP contribution in [-0.4, -0.2) is 21.9 Å². The van der Waals surface area contributed by atoms with Crippen LogP contribution in [0.3, 0.4) is 0 Å². The molecule has 0 aliphatic rings. The molecule has 0 heterocycles. The average Bonchev–Trinajstić information content (AvgIpc) is 2.00. The van der Waals surface area contributed by atoms with E-state index in [0.29, 0.717) is 12.8 Å². The van der Waals surface area contributed by atoms with Crippen molar-refractivity contribution in [2.24, 2.45) is 0 Å². The summed E-state index contributed by atoms with van der Waals surface area (Å²) in [4.78, 5) is 0. The molecule has 0 aromatic carbocycles. The predicted octanol–water partition coefficient (Wildman–Crippen LogP) is 0.922. The van der Waals surface area contributed by atoms with Crippen molar-refractivity contribution in [3.05, 3.63) is 0 Å². The molecule has 2 N–H and O–H groups in total. The Balaban J connectivity index is 4.17. The Morgan fingerprint density at radius 3 is 2.36 bits per heavy atom. The fourth-order valence-electron chi connectivity index (χ4n) is 0.810. The van der Waals surface area contributed by atoms with Crippen LogP contribution in [0, 0.1) is 11.8 Å². The van der Waals surface area contributed by atoms with Gasteiger partial charge in [0.15, 0.2) is 0 Å². The van der Waals surface area contributed by atoms with Crippen LogP contribution in [-0.2, 0) is 0 Å². The molecule has 0 rings (SSSR count). The van der Waals surface area contributed by atoms with E-state index in [1.807, 2.05) is 6.92 Å². The van der Waals surface area contributed by atoms with Gasteiger partial charge < -0.3 is 10.2 Å². The average molecular weight is 156 g/mol. The fourth-order valence-corrected chi connectivity index (χ4v) is 0.810. The van der Waals surface area contributed by atoms with E-state index in [4.69, 9.17) is 0 Å². The number of rotatable bonds is 3. The zero-order valence-electron chi connectivity index (χ0n) is 7.39. The zero-order valence-corrected chi connectivity index (χ0v) is 7.39. The molecule has 0 aromatic rings. The normalized spacial score (nSPS) is 17.9. The number of aliphatic hydroxyl groups is 2. The molecule has 2 unspecified atom stereocenters. The molecule has 0 aromatic heterocycles. The Hall–Kier alpha value is -0.520. The predicted molar refractivity (Wildman–Crippen MR) is 45.0 cm³/mol. The first-order chi connectivity index (χ1) is 5.06. The van der Waals surface area contributed by atoms with Crippen molar-refractivity contribution in [3.8, 4) is 11.8 Å². The Morgan fingerprint density at radius 2 is 2.09 bits per heavy atom. The lowest BCUT2D eigenvalue weighted by Gasteiger charge is -2.27. The monoisotopic (exact) mass is 156 g/mol. The van der Waals surface area contributed by atoms with Gasteiger partial charge in [-0.2, -0.15) is 0 Å². The molecule has 11 heavy (non-hydrogen) atoms. The molecule has 0 aliphatic heterocycles. The molecule has 2 heteroatoms. The minimum atomic E-state index is -1.02. The van der Waals surface area contributed by atoms with Crippen molar-refractivity contribution in [1.29, 1.82) is 0 Å². The van der Waals surface area contributed by atoms with Gasteiger partial charge in [-0.15, -0.1) is 11.8 Å². The van der Waals surface area contributed by atoms with Gasteiger partial charge in [-0.05, 0) is 20.3 Å². The van der Waals surface area contributed by atoms with Crippen LogP contribution < -0.4 is 0 Å². The Kier molecular flexibility index (Phi) is 4.17. The van der Waals surface area contributed by atoms with E-state index in [-0.39, 0.29) is 0 Å². The topological polar surface area (TPSA) is 40.5 Å². The van der Waals surface area contributed by atoms with Gasteiger partial charge >= 0.3 is 0 Å². The van der Waals surface area contributed by atoms with Crippen molar-refractivity contribution < 1.29 is 10.2 Å². The van der Waals surface area contributed by atoms with Gasteiger partial charge in [-0.1, -0.05) is 6.92 Å². The van der Waals surface area contributed by atoms with Crippen molar-refractivity contribution in [3.63, 3.8) is 0 Å². The van der Waals surface area contributed by atoms with Crippen molar-refractivity contribution >= 4 is 0 Å². The van der Waals surface area contributed by atoms with E-state index in [1.165, 1.54) is 0 Å². The quantitative estimate of drug-likeness (QED) is 0.596. The second-order valence-corrected chi connectivity index (χ2v) is 2.74. The highest BCUT2D eigenvalue weighted by Crippen LogP contribution is 2.18. The van der Waals surface area contributed by atoms with Crippen molar-refractivity contribution in [2.75, 3.05) is 0 Å². The minimum Gasteiger partial charge on any atom is -0.390 e. The largest absolute Gasteiger partial charge is 0.390 e. The molecular formula is C9H16O2. The Morgan fingerprint density at radius 1 is 1.55 bits per heavy atom. The maximum Gasteiger partial charge on any atom is 0.101 e. The molecule has 0 saturated heterocycles. The molecule has 64 valence electrons. The smallest absolute Gasteiger partial charge is 0.101 e. The molecule has 2 atom stereocenters. The maximum atomic E-state index is 9.68. The third-order valence-electron chi connectivity index (χ3n) is 1.96. The van der Waals surface area contributed by atoms with Crippen LogP contribution in [0.25, 0.3) is 0 Å². The van der Waals surface area contributed by atoms with E-state index < -0.39 is 11.7 Å². The van der Waals surface area contributed by atoms with Crippen LogP contribution >= 0.6 is 0 Å². The lowest BCUT2D eigenvalue weighted by molar-refractivity contribution is -0.0645. The first kappa shape index (κ1) is 10.5. The standard InChI is InChI=1S/C9H16O2/c1-4-6-7-9(11,5-2)8(3)10/h8,10-11H,5,7H2,1-3H3. The van der Waals surface area contributed by atoms with E-state index in [2.05, 4.69) is 11.8 Å². The highest BCUT2D eigenvalue weighted by atomic mass is 16.3. The van der Waals surface area contributed by atoms with Crippen LogP contribution in [0.4, 0.5) is 0 Å². The highest BCUT2D eigenvalue weighted by molar-refractivity contribution is 5.02. The Labute approximate surface area is 68.2 Å². The summed E-state index contributed by atoms with van der Waals surface area (Å²) in [6.45, 7) is 5.14. The molecule has 0 radical (unpaired) electrons. The summed E-state index contributed by atoms with van der Waals surface area (Å²) in [7, 11) is 0. The van der Waals surface area contributed by atoms with E-state index in [1.54, 1.807) is 13.8 Å². The van der Waals surface area contributed by atoms with Gasteiger partial charge in [0.25, 0.3) is 0 Å². The first-order valence-electron chi connectivity index (χ1n) is 3.87. The summed E-state index contributed by atoms with van der Waals surface area (Å²) in [5, 5.41) is 18.9. The van der Waals surface area contributed by atoms with Crippen LogP contribution in [0.15, 0.2) is 0 Å². The summed E-state index contributed by atoms with van der Waals surface area (Å²) < 4.78 is 0. The Bertz CT molecular complexity index is 164. The van der Waals surface area contributed by atoms with Gasteiger partial charge in [0.2, 0.25) is 0 Å². The van der Waals surface area contributed by atoms with Crippen molar-refractivity contribution in [1.82, 2.24) is 0 Å². The molecule has 0 fully saturated rings. The lowest BCUT2D eigenvalue weighted by atomic mass is 9.91. The second kappa shape index (κ2) is 4.38. The minimum absolute atomic E-state index is 0.345. The third kappa shape index (κ3) is 2.92. The summed E-state index contributed by atoms with van der Waals surface area (Å²) in [5.41, 5.74) is -1.02. The summed E-state index contributed by atoms with van der Waals surface area (Å²) in [5.74, 6) is 5.45. The highest BCUT2D eigenvalue weighted by Gasteiger charge is 2.29. The molecule has 2 nitrogen and oxygen atoms in total.